The van der Waals surface area contributed by atoms with Gasteiger partial charge in [-0.05, 0) is 47.5 Å². The van der Waals surface area contributed by atoms with Gasteiger partial charge in [-0.25, -0.2) is 4.39 Å². The fourth-order valence-corrected chi connectivity index (χ4v) is 3.03. The number of nitrogens with one attached hydrogen (secondary N) is 1. The van der Waals surface area contributed by atoms with Crippen LogP contribution in [0.3, 0.4) is 0 Å². The van der Waals surface area contributed by atoms with Crippen LogP contribution in [-0.2, 0) is 6.42 Å². The molecule has 0 radical (unpaired) electrons. The van der Waals surface area contributed by atoms with Crippen molar-refractivity contribution in [1.82, 2.24) is 0 Å². The van der Waals surface area contributed by atoms with Crippen LogP contribution in [0.4, 0.5) is 9.39 Å². The lowest BCUT2D eigenvalue weighted by atomic mass is 10.0. The van der Waals surface area contributed by atoms with Crippen molar-refractivity contribution in [3.63, 3.8) is 0 Å². The molecule has 6 heteroatoms. The van der Waals surface area contributed by atoms with E-state index in [9.17, 15) is 19.1 Å². The Morgan fingerprint density at radius 1 is 1.27 bits per heavy atom. The van der Waals surface area contributed by atoms with Crippen LogP contribution in [0, 0.1) is 11.7 Å². The molecular weight excluding hydrogens is 305 g/mol. The third-order valence-corrected chi connectivity index (χ3v) is 3.98. The molecule has 0 aliphatic carbocycles. The molecule has 22 heavy (non-hydrogen) atoms. The van der Waals surface area contributed by atoms with Gasteiger partial charge in [-0.1, -0.05) is 13.8 Å². The Balaban J connectivity index is 2.25. The highest BCUT2D eigenvalue weighted by atomic mass is 32.1. The topological polar surface area (TPSA) is 69.2 Å². The molecule has 0 spiro atoms. The minimum absolute atomic E-state index is 0.0224. The zero-order valence-corrected chi connectivity index (χ0v) is 13.0. The average Bonchev–Trinajstić information content (AvgIpc) is 2.81. The summed E-state index contributed by atoms with van der Waals surface area (Å²) in [6.45, 7) is 3.96. The second-order valence-corrected chi connectivity index (χ2v) is 6.19. The normalized spacial score (nSPS) is 10.7. The van der Waals surface area contributed by atoms with E-state index in [2.05, 4.69) is 5.32 Å². The second-order valence-electron chi connectivity index (χ2n) is 5.31. The lowest BCUT2D eigenvalue weighted by Gasteiger charge is -2.11. The van der Waals surface area contributed by atoms with Gasteiger partial charge in [0.1, 0.15) is 10.8 Å². The first-order valence-corrected chi connectivity index (χ1v) is 7.65. The fourth-order valence-electron chi connectivity index (χ4n) is 2.08. The van der Waals surface area contributed by atoms with Gasteiger partial charge in [-0.15, -0.1) is 11.3 Å². The van der Waals surface area contributed by atoms with Gasteiger partial charge in [0, 0.05) is 11.1 Å². The average molecular weight is 320 g/mol. The smallest absolute Gasteiger partial charge is 0.256 e. The number of thiophene rings is 1. The molecule has 0 unspecified atom stereocenters. The number of anilines is 1. The first kappa shape index (κ1) is 16.2. The predicted molar refractivity (Wildman–Crippen MR) is 81.5 cm³/mol. The van der Waals surface area contributed by atoms with E-state index in [0.717, 1.165) is 11.3 Å². The van der Waals surface area contributed by atoms with Gasteiger partial charge in [0.2, 0.25) is 0 Å². The molecule has 0 atom stereocenters. The van der Waals surface area contributed by atoms with Crippen molar-refractivity contribution in [3.05, 3.63) is 52.2 Å². The number of carbonyl (C=O) groups is 2. The third-order valence-electron chi connectivity index (χ3n) is 3.03. The predicted octanol–water partition coefficient (Wildman–Crippen LogP) is 2.70. The van der Waals surface area contributed by atoms with Crippen LogP contribution >= 0.6 is 11.3 Å². The largest absolute Gasteiger partial charge is 0.545 e. The van der Waals surface area contributed by atoms with Crippen molar-refractivity contribution in [2.24, 2.45) is 5.92 Å². The molecule has 0 fully saturated rings. The number of carbonyl (C=O) groups excluding carboxylic acids is 2. The highest BCUT2D eigenvalue weighted by molar-refractivity contribution is 7.15. The Labute approximate surface area is 131 Å². The summed E-state index contributed by atoms with van der Waals surface area (Å²) in [7, 11) is 0. The summed E-state index contributed by atoms with van der Waals surface area (Å²) in [6.07, 6.45) is 0.590. The van der Waals surface area contributed by atoms with E-state index in [0.29, 0.717) is 12.0 Å². The van der Waals surface area contributed by atoms with Crippen LogP contribution in [0.25, 0.3) is 0 Å². The minimum atomic E-state index is -1.31. The molecule has 0 saturated heterocycles. The van der Waals surface area contributed by atoms with E-state index in [4.69, 9.17) is 0 Å². The number of benzene rings is 1. The highest BCUT2D eigenvalue weighted by Gasteiger charge is 2.16. The maximum Gasteiger partial charge on any atom is 0.256 e. The maximum atomic E-state index is 12.9. The Morgan fingerprint density at radius 2 is 1.91 bits per heavy atom. The SMILES string of the molecule is CC(C)Cc1csc(NC(=O)c2ccc(F)cc2)c1C(=O)[O-]. The molecule has 0 saturated carbocycles. The number of hydrogen-bond donors (Lipinski definition) is 1. The molecule has 0 bridgehead atoms. The number of carboxylic acid groups (broad SMARTS) is 1. The molecule has 1 heterocycles. The van der Waals surface area contributed by atoms with E-state index in [1.165, 1.54) is 24.3 Å². The van der Waals surface area contributed by atoms with Gasteiger partial charge in [-0.3, -0.25) is 4.79 Å². The van der Waals surface area contributed by atoms with Crippen LogP contribution in [0.1, 0.15) is 40.1 Å². The summed E-state index contributed by atoms with van der Waals surface area (Å²) < 4.78 is 12.9. The van der Waals surface area contributed by atoms with Crippen LogP contribution in [0.2, 0.25) is 0 Å². The van der Waals surface area contributed by atoms with E-state index >= 15 is 0 Å². The first-order chi connectivity index (χ1) is 10.4. The summed E-state index contributed by atoms with van der Waals surface area (Å²) >= 11 is 1.15. The van der Waals surface area contributed by atoms with E-state index < -0.39 is 17.7 Å². The van der Waals surface area contributed by atoms with Crippen molar-refractivity contribution in [3.8, 4) is 0 Å². The van der Waals surface area contributed by atoms with Crippen molar-refractivity contribution < 1.29 is 19.1 Å². The first-order valence-electron chi connectivity index (χ1n) is 6.77. The molecule has 1 N–H and O–H groups in total. The van der Waals surface area contributed by atoms with E-state index in [1.807, 2.05) is 13.8 Å². The minimum Gasteiger partial charge on any atom is -0.545 e. The summed E-state index contributed by atoms with van der Waals surface area (Å²) in [5, 5.41) is 15.9. The number of carboxylic acids is 1. The maximum absolute atomic E-state index is 12.9. The molecule has 1 amide bonds. The zero-order valence-electron chi connectivity index (χ0n) is 12.2. The number of rotatable bonds is 5. The van der Waals surface area contributed by atoms with Crippen molar-refractivity contribution in [2.45, 2.75) is 20.3 Å². The molecular formula is C16H15FNO3S-. The molecule has 1 aromatic heterocycles. The second kappa shape index (κ2) is 6.70. The molecule has 4 nitrogen and oxygen atoms in total. The van der Waals surface area contributed by atoms with Gasteiger partial charge in [0.25, 0.3) is 5.91 Å². The molecule has 0 aliphatic rings. The van der Waals surface area contributed by atoms with Crippen LogP contribution in [0.5, 0.6) is 0 Å². The molecule has 2 aromatic rings. The third kappa shape index (κ3) is 3.71. The van der Waals surface area contributed by atoms with Crippen LogP contribution in [0.15, 0.2) is 29.6 Å². The van der Waals surface area contributed by atoms with Gasteiger partial charge < -0.3 is 15.2 Å². The monoisotopic (exact) mass is 320 g/mol. The number of aromatic carboxylic acids is 1. The fraction of sp³-hybridized carbons (Fsp3) is 0.250. The van der Waals surface area contributed by atoms with Gasteiger partial charge in [0.15, 0.2) is 0 Å². The van der Waals surface area contributed by atoms with E-state index in [-0.39, 0.29) is 22.0 Å². The summed E-state index contributed by atoms with van der Waals surface area (Å²) in [5.74, 6) is -1.96. The van der Waals surface area contributed by atoms with Crippen LogP contribution in [-0.4, -0.2) is 11.9 Å². The van der Waals surface area contributed by atoms with Crippen molar-refractivity contribution in [2.75, 3.05) is 5.32 Å². The van der Waals surface area contributed by atoms with Gasteiger partial charge in [0.05, 0.1) is 5.97 Å². The Bertz CT molecular complexity index is 692. The van der Waals surface area contributed by atoms with E-state index in [1.54, 1.807) is 5.38 Å². The number of halogens is 1. The van der Waals surface area contributed by atoms with Crippen molar-refractivity contribution >= 4 is 28.2 Å². The Kier molecular flexibility index (Phi) is 4.92. The summed E-state index contributed by atoms with van der Waals surface area (Å²) in [5.41, 5.74) is 0.924. The Morgan fingerprint density at radius 3 is 2.45 bits per heavy atom. The summed E-state index contributed by atoms with van der Waals surface area (Å²) in [6, 6.07) is 5.03. The highest BCUT2D eigenvalue weighted by Crippen LogP contribution is 2.30. The molecule has 116 valence electrons. The summed E-state index contributed by atoms with van der Waals surface area (Å²) in [4.78, 5) is 23.4. The Hall–Kier alpha value is -2.21. The van der Waals surface area contributed by atoms with Gasteiger partial charge >= 0.3 is 0 Å². The zero-order chi connectivity index (χ0) is 16.3. The standard InChI is InChI=1S/C16H16FNO3S/c1-9(2)7-11-8-22-15(13(11)16(20)21)18-14(19)10-3-5-12(17)6-4-10/h3-6,8-9H,7H2,1-2H3,(H,18,19)(H,20,21)/p-1. The number of hydrogen-bond acceptors (Lipinski definition) is 4. The van der Waals surface area contributed by atoms with Crippen LogP contribution < -0.4 is 10.4 Å². The van der Waals surface area contributed by atoms with Crippen molar-refractivity contribution in [1.29, 1.82) is 0 Å². The lowest BCUT2D eigenvalue weighted by molar-refractivity contribution is -0.254. The molecule has 0 aliphatic heterocycles. The quantitative estimate of drug-likeness (QED) is 0.921. The molecule has 1 aromatic carbocycles. The number of amides is 1. The lowest BCUT2D eigenvalue weighted by Crippen LogP contribution is -2.25. The molecule has 2 rings (SSSR count). The van der Waals surface area contributed by atoms with Gasteiger partial charge in [-0.2, -0.15) is 0 Å².